The summed E-state index contributed by atoms with van der Waals surface area (Å²) in [7, 11) is 0. The highest BCUT2D eigenvalue weighted by molar-refractivity contribution is 5.77. The van der Waals surface area contributed by atoms with Gasteiger partial charge in [0.05, 0.1) is 0 Å². The number of esters is 1. The molecule has 3 rings (SSSR count). The molecule has 108 valence electrons. The second kappa shape index (κ2) is 5.82. The summed E-state index contributed by atoms with van der Waals surface area (Å²) in [5.41, 5.74) is 0. The minimum atomic E-state index is -0.00747. The maximum Gasteiger partial charge on any atom is 0.323 e. The van der Waals surface area contributed by atoms with Gasteiger partial charge in [0.2, 0.25) is 0 Å². The third-order valence-electron chi connectivity index (χ3n) is 5.63. The Morgan fingerprint density at radius 2 is 2.00 bits per heavy atom. The third-order valence-corrected chi connectivity index (χ3v) is 5.63. The summed E-state index contributed by atoms with van der Waals surface area (Å²) >= 11 is 0. The Balaban J connectivity index is 1.58. The van der Waals surface area contributed by atoms with E-state index in [0.717, 1.165) is 25.3 Å². The molecule has 1 heterocycles. The van der Waals surface area contributed by atoms with E-state index < -0.39 is 0 Å². The smallest absolute Gasteiger partial charge is 0.323 e. The molecule has 0 bridgehead atoms. The highest BCUT2D eigenvalue weighted by atomic mass is 16.5. The van der Waals surface area contributed by atoms with Crippen molar-refractivity contribution in [1.29, 1.82) is 0 Å². The number of ether oxygens (including phenoxy) is 1. The van der Waals surface area contributed by atoms with Crippen LogP contribution in [0.1, 0.15) is 58.3 Å². The molecular weight excluding hydrogens is 238 g/mol. The molecule has 0 spiro atoms. The van der Waals surface area contributed by atoms with Crippen molar-refractivity contribution >= 4 is 5.97 Å². The van der Waals surface area contributed by atoms with E-state index in [1.807, 2.05) is 0 Å². The number of rotatable bonds is 3. The molecule has 19 heavy (non-hydrogen) atoms. The molecular formula is C16H27NO2. The summed E-state index contributed by atoms with van der Waals surface area (Å²) in [6.07, 6.45) is 9.96. The quantitative estimate of drug-likeness (QED) is 0.797. The highest BCUT2D eigenvalue weighted by Crippen LogP contribution is 2.38. The summed E-state index contributed by atoms with van der Waals surface area (Å²) in [5, 5.41) is 3.41. The summed E-state index contributed by atoms with van der Waals surface area (Å²) in [4.78, 5) is 12.4. The first kappa shape index (κ1) is 13.4. The topological polar surface area (TPSA) is 38.3 Å². The molecule has 0 amide bonds. The third kappa shape index (κ3) is 2.67. The van der Waals surface area contributed by atoms with Crippen molar-refractivity contribution in [3.63, 3.8) is 0 Å². The minimum Gasteiger partial charge on any atom is -0.461 e. The van der Waals surface area contributed by atoms with Crippen molar-refractivity contribution in [2.24, 2.45) is 17.8 Å². The van der Waals surface area contributed by atoms with Gasteiger partial charge < -0.3 is 10.1 Å². The Kier molecular flexibility index (Phi) is 4.11. The van der Waals surface area contributed by atoms with E-state index in [0.29, 0.717) is 11.8 Å². The molecule has 1 aliphatic heterocycles. The molecule has 5 unspecified atom stereocenters. The summed E-state index contributed by atoms with van der Waals surface area (Å²) in [6, 6.07) is -0.00747. The number of nitrogens with one attached hydrogen (secondary N) is 1. The van der Waals surface area contributed by atoms with E-state index >= 15 is 0 Å². The van der Waals surface area contributed by atoms with Crippen LogP contribution in [-0.2, 0) is 9.53 Å². The lowest BCUT2D eigenvalue weighted by Crippen LogP contribution is -2.41. The van der Waals surface area contributed by atoms with Gasteiger partial charge in [0.1, 0.15) is 12.1 Å². The minimum absolute atomic E-state index is 0.00747. The molecule has 1 N–H and O–H groups in total. The van der Waals surface area contributed by atoms with Crippen LogP contribution in [0.4, 0.5) is 0 Å². The van der Waals surface area contributed by atoms with Crippen molar-refractivity contribution < 1.29 is 9.53 Å². The van der Waals surface area contributed by atoms with Crippen LogP contribution >= 0.6 is 0 Å². The first-order chi connectivity index (χ1) is 9.29. The second-order valence-electron chi connectivity index (χ2n) is 6.67. The Labute approximate surface area is 116 Å². The SMILES string of the molecule is CCC1CCCCC1OC(=O)C1NCC2CCCC21. The zero-order valence-electron chi connectivity index (χ0n) is 12.1. The highest BCUT2D eigenvalue weighted by Gasteiger charge is 2.44. The zero-order valence-corrected chi connectivity index (χ0v) is 12.1. The van der Waals surface area contributed by atoms with Gasteiger partial charge in [-0.1, -0.05) is 19.8 Å². The van der Waals surface area contributed by atoms with Gasteiger partial charge in [0.25, 0.3) is 0 Å². The van der Waals surface area contributed by atoms with Gasteiger partial charge in [0.15, 0.2) is 0 Å². The molecule has 3 fully saturated rings. The molecule has 3 nitrogen and oxygen atoms in total. The van der Waals surface area contributed by atoms with Gasteiger partial charge in [-0.05, 0) is 62.8 Å². The number of carbonyl (C=O) groups is 1. The van der Waals surface area contributed by atoms with E-state index in [4.69, 9.17) is 4.74 Å². The van der Waals surface area contributed by atoms with Crippen LogP contribution in [0.25, 0.3) is 0 Å². The van der Waals surface area contributed by atoms with Gasteiger partial charge in [-0.3, -0.25) is 4.79 Å². The van der Waals surface area contributed by atoms with Crippen LogP contribution in [0, 0.1) is 17.8 Å². The van der Waals surface area contributed by atoms with Crippen molar-refractivity contribution in [3.8, 4) is 0 Å². The largest absolute Gasteiger partial charge is 0.461 e. The van der Waals surface area contributed by atoms with E-state index in [1.165, 1.54) is 38.5 Å². The average Bonchev–Trinajstić information content (AvgIpc) is 3.01. The lowest BCUT2D eigenvalue weighted by Gasteiger charge is -2.31. The van der Waals surface area contributed by atoms with E-state index in [2.05, 4.69) is 12.2 Å². The second-order valence-corrected chi connectivity index (χ2v) is 6.67. The molecule has 1 saturated heterocycles. The molecule has 3 aliphatic rings. The van der Waals surface area contributed by atoms with Crippen molar-refractivity contribution in [2.45, 2.75) is 70.4 Å². The van der Waals surface area contributed by atoms with Crippen molar-refractivity contribution in [1.82, 2.24) is 5.32 Å². The van der Waals surface area contributed by atoms with Crippen LogP contribution in [0.5, 0.6) is 0 Å². The summed E-state index contributed by atoms with van der Waals surface area (Å²) in [5.74, 6) is 1.92. The van der Waals surface area contributed by atoms with Crippen molar-refractivity contribution in [2.75, 3.05) is 6.54 Å². The standard InChI is InChI=1S/C16H27NO2/c1-2-11-6-3-4-9-14(11)19-16(18)15-13-8-5-7-12(13)10-17-15/h11-15,17H,2-10H2,1H3. The molecule has 3 heteroatoms. The number of hydrogen-bond donors (Lipinski definition) is 1. The Morgan fingerprint density at radius 1 is 1.16 bits per heavy atom. The molecule has 0 aromatic carbocycles. The monoisotopic (exact) mass is 265 g/mol. The normalized spacial score (nSPS) is 42.1. The van der Waals surface area contributed by atoms with Crippen LogP contribution in [-0.4, -0.2) is 24.7 Å². The van der Waals surface area contributed by atoms with Gasteiger partial charge in [-0.15, -0.1) is 0 Å². The van der Waals surface area contributed by atoms with E-state index in [9.17, 15) is 4.79 Å². The molecule has 0 aromatic heterocycles. The maximum absolute atomic E-state index is 12.4. The van der Waals surface area contributed by atoms with E-state index in [1.54, 1.807) is 0 Å². The van der Waals surface area contributed by atoms with Crippen LogP contribution < -0.4 is 5.32 Å². The fourth-order valence-electron chi connectivity index (χ4n) is 4.46. The van der Waals surface area contributed by atoms with Gasteiger partial charge >= 0.3 is 5.97 Å². The fraction of sp³-hybridized carbons (Fsp3) is 0.938. The van der Waals surface area contributed by atoms with Gasteiger partial charge in [-0.25, -0.2) is 0 Å². The summed E-state index contributed by atoms with van der Waals surface area (Å²) in [6.45, 7) is 3.24. The number of hydrogen-bond acceptors (Lipinski definition) is 3. The molecule has 0 aromatic rings. The predicted octanol–water partition coefficient (Wildman–Crippen LogP) is 2.89. The Hall–Kier alpha value is -0.570. The van der Waals surface area contributed by atoms with Crippen LogP contribution in [0.2, 0.25) is 0 Å². The number of carbonyl (C=O) groups excluding carboxylic acids is 1. The molecule has 0 radical (unpaired) electrons. The molecule has 5 atom stereocenters. The fourth-order valence-corrected chi connectivity index (χ4v) is 4.46. The maximum atomic E-state index is 12.4. The first-order valence-corrected chi connectivity index (χ1v) is 8.23. The summed E-state index contributed by atoms with van der Waals surface area (Å²) < 4.78 is 5.89. The predicted molar refractivity (Wildman–Crippen MR) is 74.8 cm³/mol. The van der Waals surface area contributed by atoms with Crippen LogP contribution in [0.3, 0.4) is 0 Å². The van der Waals surface area contributed by atoms with Crippen molar-refractivity contribution in [3.05, 3.63) is 0 Å². The zero-order chi connectivity index (χ0) is 13.2. The van der Waals surface area contributed by atoms with Crippen LogP contribution in [0.15, 0.2) is 0 Å². The number of fused-ring (bicyclic) bond motifs is 1. The lowest BCUT2D eigenvalue weighted by molar-refractivity contribution is -0.157. The molecule has 2 saturated carbocycles. The first-order valence-electron chi connectivity index (χ1n) is 8.23. The van der Waals surface area contributed by atoms with Gasteiger partial charge in [0, 0.05) is 0 Å². The molecule has 2 aliphatic carbocycles. The van der Waals surface area contributed by atoms with Gasteiger partial charge in [-0.2, -0.15) is 0 Å². The Morgan fingerprint density at radius 3 is 2.84 bits per heavy atom. The Bertz CT molecular complexity index is 331. The van der Waals surface area contributed by atoms with E-state index in [-0.39, 0.29) is 18.1 Å². The average molecular weight is 265 g/mol. The lowest BCUT2D eigenvalue weighted by atomic mass is 9.84.